The minimum absolute atomic E-state index is 0.297. The average Bonchev–Trinajstić information content (AvgIpc) is 3.37. The largest absolute Gasteiger partial charge is 0.383 e. The molecule has 2 bridgehead atoms. The lowest BCUT2D eigenvalue weighted by molar-refractivity contribution is 0.0302. The first-order valence-corrected chi connectivity index (χ1v) is 11.0. The fraction of sp³-hybridized carbons (Fsp3) is 0.292. The van der Waals surface area contributed by atoms with Gasteiger partial charge in [-0.3, -0.25) is 4.57 Å². The number of fused-ring (bicyclic) bond motifs is 3. The molecule has 2 saturated heterocycles. The molecule has 2 aliphatic heterocycles. The van der Waals surface area contributed by atoms with Crippen LogP contribution in [0.15, 0.2) is 54.7 Å². The third kappa shape index (κ3) is 3.19. The average molecular weight is 428 g/mol. The van der Waals surface area contributed by atoms with Gasteiger partial charge in [0.2, 0.25) is 0 Å². The first kappa shape index (κ1) is 19.2. The maximum atomic E-state index is 6.23. The molecule has 0 spiro atoms. The highest BCUT2D eigenvalue weighted by Crippen LogP contribution is 2.33. The molecule has 2 atom stereocenters. The van der Waals surface area contributed by atoms with Crippen molar-refractivity contribution in [2.24, 2.45) is 5.73 Å². The summed E-state index contributed by atoms with van der Waals surface area (Å²) >= 11 is 0. The normalized spacial score (nSPS) is 20.2. The smallest absolute Gasteiger partial charge is 0.167 e. The molecule has 0 radical (unpaired) electrons. The Morgan fingerprint density at radius 1 is 0.969 bits per heavy atom. The van der Waals surface area contributed by atoms with E-state index in [2.05, 4.69) is 20.5 Å². The molecule has 1 aromatic carbocycles. The number of benzene rings is 1. The van der Waals surface area contributed by atoms with Gasteiger partial charge in [-0.05, 0) is 54.8 Å². The highest BCUT2D eigenvalue weighted by Gasteiger charge is 2.34. The molecule has 2 aliphatic rings. The highest BCUT2D eigenvalue weighted by molar-refractivity contribution is 5.83. The lowest BCUT2D eigenvalue weighted by Crippen LogP contribution is -2.43. The summed E-state index contributed by atoms with van der Waals surface area (Å²) in [4.78, 5) is 16.6. The van der Waals surface area contributed by atoms with E-state index in [0.29, 0.717) is 24.6 Å². The second-order valence-corrected chi connectivity index (χ2v) is 8.45. The Balaban J connectivity index is 1.53. The Labute approximate surface area is 185 Å². The SMILES string of the molecule is NCc1ccc(-n2c(-c3cccnc3N)nc3ccc(N4CC5CCC(C4)O5)nc32)cc1. The van der Waals surface area contributed by atoms with Crippen LogP contribution in [0, 0.1) is 0 Å². The van der Waals surface area contributed by atoms with Crippen LogP contribution >= 0.6 is 0 Å². The summed E-state index contributed by atoms with van der Waals surface area (Å²) in [5, 5.41) is 0. The molecule has 0 amide bonds. The standard InChI is InChI=1S/C24H25N7O/c25-12-15-3-5-16(6-4-15)31-23(19-2-1-11-27-22(19)26)28-20-9-10-21(29-24(20)31)30-13-17-7-8-18(14-30)32-17/h1-6,9-11,17-18H,7-8,12-14,25H2,(H2,26,27). The van der Waals surface area contributed by atoms with Crippen LogP contribution in [0.2, 0.25) is 0 Å². The number of hydrogen-bond acceptors (Lipinski definition) is 7. The van der Waals surface area contributed by atoms with Crippen LogP contribution in [-0.4, -0.2) is 44.8 Å². The lowest BCUT2D eigenvalue weighted by atomic mass is 10.2. The van der Waals surface area contributed by atoms with Gasteiger partial charge in [-0.15, -0.1) is 0 Å². The van der Waals surface area contributed by atoms with Gasteiger partial charge in [0.25, 0.3) is 0 Å². The molecule has 3 aromatic heterocycles. The maximum Gasteiger partial charge on any atom is 0.167 e. The summed E-state index contributed by atoms with van der Waals surface area (Å²) in [6, 6.07) is 16.0. The molecule has 8 heteroatoms. The van der Waals surface area contributed by atoms with Gasteiger partial charge in [0.15, 0.2) is 11.5 Å². The van der Waals surface area contributed by atoms with Gasteiger partial charge in [0.05, 0.1) is 17.8 Å². The summed E-state index contributed by atoms with van der Waals surface area (Å²) < 4.78 is 8.07. The van der Waals surface area contributed by atoms with E-state index in [-0.39, 0.29) is 0 Å². The van der Waals surface area contributed by atoms with E-state index in [4.69, 9.17) is 26.2 Å². The molecule has 4 aromatic rings. The molecule has 8 nitrogen and oxygen atoms in total. The van der Waals surface area contributed by atoms with E-state index in [1.807, 2.05) is 42.5 Å². The van der Waals surface area contributed by atoms with Crippen LogP contribution in [0.3, 0.4) is 0 Å². The number of nitrogens with zero attached hydrogens (tertiary/aromatic N) is 5. The molecule has 32 heavy (non-hydrogen) atoms. The number of rotatable bonds is 4. The number of nitrogen functional groups attached to an aromatic ring is 1. The molecule has 6 rings (SSSR count). The lowest BCUT2D eigenvalue weighted by Gasteiger charge is -2.33. The third-order valence-electron chi connectivity index (χ3n) is 6.37. The van der Waals surface area contributed by atoms with Crippen LogP contribution in [-0.2, 0) is 11.3 Å². The van der Waals surface area contributed by atoms with E-state index in [0.717, 1.165) is 65.6 Å². The summed E-state index contributed by atoms with van der Waals surface area (Å²) in [5.74, 6) is 2.11. The highest BCUT2D eigenvalue weighted by atomic mass is 16.5. The van der Waals surface area contributed by atoms with Crippen molar-refractivity contribution >= 4 is 22.8 Å². The first-order valence-electron chi connectivity index (χ1n) is 11.0. The van der Waals surface area contributed by atoms with E-state index in [9.17, 15) is 0 Å². The van der Waals surface area contributed by atoms with Crippen molar-refractivity contribution in [1.29, 1.82) is 0 Å². The fourth-order valence-electron chi connectivity index (χ4n) is 4.74. The van der Waals surface area contributed by atoms with Gasteiger partial charge in [-0.1, -0.05) is 12.1 Å². The number of aromatic nitrogens is 4. The van der Waals surface area contributed by atoms with Gasteiger partial charge in [-0.25, -0.2) is 15.0 Å². The van der Waals surface area contributed by atoms with Crippen molar-refractivity contribution in [3.05, 3.63) is 60.3 Å². The number of anilines is 2. The summed E-state index contributed by atoms with van der Waals surface area (Å²) in [5.41, 5.74) is 16.4. The number of imidazole rings is 1. The van der Waals surface area contributed by atoms with Crippen LogP contribution in [0.1, 0.15) is 18.4 Å². The third-order valence-corrected chi connectivity index (χ3v) is 6.37. The van der Waals surface area contributed by atoms with E-state index in [1.54, 1.807) is 6.20 Å². The van der Waals surface area contributed by atoms with E-state index in [1.165, 1.54) is 0 Å². The Hall–Kier alpha value is -3.49. The molecule has 2 fully saturated rings. The number of nitrogens with two attached hydrogens (primary N) is 2. The van der Waals surface area contributed by atoms with Crippen molar-refractivity contribution in [1.82, 2.24) is 19.5 Å². The molecular weight excluding hydrogens is 402 g/mol. The van der Waals surface area contributed by atoms with Crippen molar-refractivity contribution in [2.45, 2.75) is 31.6 Å². The number of ether oxygens (including phenoxy) is 1. The Bertz CT molecular complexity index is 1270. The quantitative estimate of drug-likeness (QED) is 0.515. The van der Waals surface area contributed by atoms with Gasteiger partial charge in [0.1, 0.15) is 17.2 Å². The van der Waals surface area contributed by atoms with Crippen LogP contribution in [0.5, 0.6) is 0 Å². The van der Waals surface area contributed by atoms with Crippen molar-refractivity contribution in [3.63, 3.8) is 0 Å². The van der Waals surface area contributed by atoms with Crippen LogP contribution in [0.25, 0.3) is 28.2 Å². The summed E-state index contributed by atoms with van der Waals surface area (Å²) in [6.45, 7) is 2.24. The first-order chi connectivity index (χ1) is 15.7. The minimum Gasteiger partial charge on any atom is -0.383 e. The number of morpholine rings is 1. The van der Waals surface area contributed by atoms with Gasteiger partial charge in [-0.2, -0.15) is 0 Å². The van der Waals surface area contributed by atoms with Crippen LogP contribution < -0.4 is 16.4 Å². The van der Waals surface area contributed by atoms with E-state index < -0.39 is 0 Å². The second kappa shape index (κ2) is 7.58. The predicted octanol–water partition coefficient (Wildman–Crippen LogP) is 2.89. The number of pyridine rings is 2. The molecule has 0 saturated carbocycles. The molecule has 5 heterocycles. The Morgan fingerprint density at radius 3 is 2.47 bits per heavy atom. The fourth-order valence-corrected chi connectivity index (χ4v) is 4.74. The van der Waals surface area contributed by atoms with Crippen molar-refractivity contribution in [3.8, 4) is 17.1 Å². The zero-order chi connectivity index (χ0) is 21.7. The topological polar surface area (TPSA) is 108 Å². The molecule has 0 aliphatic carbocycles. The molecular formula is C24H25N7O. The summed E-state index contributed by atoms with van der Waals surface area (Å²) in [6.07, 6.45) is 4.53. The molecule has 4 N–H and O–H groups in total. The molecule has 162 valence electrons. The zero-order valence-corrected chi connectivity index (χ0v) is 17.7. The predicted molar refractivity (Wildman–Crippen MR) is 125 cm³/mol. The van der Waals surface area contributed by atoms with Gasteiger partial charge < -0.3 is 21.1 Å². The monoisotopic (exact) mass is 427 g/mol. The zero-order valence-electron chi connectivity index (χ0n) is 17.7. The second-order valence-electron chi connectivity index (χ2n) is 8.45. The van der Waals surface area contributed by atoms with Gasteiger partial charge >= 0.3 is 0 Å². The minimum atomic E-state index is 0.297. The Morgan fingerprint density at radius 2 is 1.75 bits per heavy atom. The van der Waals surface area contributed by atoms with Crippen molar-refractivity contribution < 1.29 is 4.74 Å². The molecule has 2 unspecified atom stereocenters. The maximum absolute atomic E-state index is 6.23. The summed E-state index contributed by atoms with van der Waals surface area (Å²) in [7, 11) is 0. The Kier molecular flexibility index (Phi) is 4.55. The van der Waals surface area contributed by atoms with Crippen molar-refractivity contribution in [2.75, 3.05) is 23.7 Å². The van der Waals surface area contributed by atoms with E-state index >= 15 is 0 Å². The van der Waals surface area contributed by atoms with Crippen LogP contribution in [0.4, 0.5) is 11.6 Å². The van der Waals surface area contributed by atoms with Gasteiger partial charge in [0, 0.05) is 31.5 Å². The number of hydrogen-bond donors (Lipinski definition) is 2.